The first-order valence-corrected chi connectivity index (χ1v) is 6.25. The van der Waals surface area contributed by atoms with E-state index in [0.29, 0.717) is 25.1 Å². The molecule has 2 heterocycles. The van der Waals surface area contributed by atoms with Gasteiger partial charge in [-0.1, -0.05) is 18.5 Å². The number of likely N-dealkylation sites (tertiary alicyclic amines) is 1. The van der Waals surface area contributed by atoms with Crippen molar-refractivity contribution < 1.29 is 9.90 Å². The standard InChI is InChI=1S/C12H16ClN3O2/c1-7-6-16(3-2-10(7)17)12(18)8-4-9(13)11(14)15-5-8/h4-5,7,10,17H,2-3,6H2,1H3,(H2,14,15). The van der Waals surface area contributed by atoms with Crippen LogP contribution in [0.5, 0.6) is 0 Å². The maximum Gasteiger partial charge on any atom is 0.255 e. The van der Waals surface area contributed by atoms with E-state index in [1.807, 2.05) is 6.92 Å². The Bertz CT molecular complexity index is 467. The maximum atomic E-state index is 12.2. The molecule has 2 atom stereocenters. The molecule has 2 rings (SSSR count). The smallest absolute Gasteiger partial charge is 0.255 e. The van der Waals surface area contributed by atoms with Crippen molar-refractivity contribution in [3.05, 3.63) is 22.8 Å². The minimum atomic E-state index is -0.331. The summed E-state index contributed by atoms with van der Waals surface area (Å²) in [6, 6.07) is 1.53. The Morgan fingerprint density at radius 3 is 3.00 bits per heavy atom. The Morgan fingerprint density at radius 1 is 1.67 bits per heavy atom. The van der Waals surface area contributed by atoms with Gasteiger partial charge in [0.1, 0.15) is 5.82 Å². The first kappa shape index (κ1) is 13.1. The van der Waals surface area contributed by atoms with Gasteiger partial charge in [0.15, 0.2) is 0 Å². The Kier molecular flexibility index (Phi) is 3.73. The quantitative estimate of drug-likeness (QED) is 0.802. The summed E-state index contributed by atoms with van der Waals surface area (Å²) in [5.74, 6) is 0.179. The van der Waals surface area contributed by atoms with E-state index in [-0.39, 0.29) is 28.8 Å². The number of aliphatic hydroxyl groups is 1. The summed E-state index contributed by atoms with van der Waals surface area (Å²) < 4.78 is 0. The van der Waals surface area contributed by atoms with Gasteiger partial charge in [-0.2, -0.15) is 0 Å². The number of halogens is 1. The zero-order valence-electron chi connectivity index (χ0n) is 10.1. The minimum absolute atomic E-state index is 0.0833. The van der Waals surface area contributed by atoms with Crippen LogP contribution in [0.25, 0.3) is 0 Å². The number of amides is 1. The van der Waals surface area contributed by atoms with Crippen LogP contribution in [-0.4, -0.2) is 40.1 Å². The van der Waals surface area contributed by atoms with Crippen LogP contribution >= 0.6 is 11.6 Å². The maximum absolute atomic E-state index is 12.2. The molecule has 0 bridgehead atoms. The van der Waals surface area contributed by atoms with Crippen LogP contribution < -0.4 is 5.73 Å². The lowest BCUT2D eigenvalue weighted by Crippen LogP contribution is -2.45. The highest BCUT2D eigenvalue weighted by Gasteiger charge is 2.28. The number of carbonyl (C=O) groups is 1. The number of aromatic nitrogens is 1. The number of anilines is 1. The largest absolute Gasteiger partial charge is 0.393 e. The second-order valence-electron chi connectivity index (χ2n) is 4.68. The fourth-order valence-electron chi connectivity index (χ4n) is 2.07. The molecule has 0 aromatic carbocycles. The SMILES string of the molecule is CC1CN(C(=O)c2cnc(N)c(Cl)c2)CCC1O. The summed E-state index contributed by atoms with van der Waals surface area (Å²) in [5, 5.41) is 9.92. The van der Waals surface area contributed by atoms with Crippen LogP contribution in [0.1, 0.15) is 23.7 Å². The van der Waals surface area contributed by atoms with Crippen LogP contribution in [0.4, 0.5) is 5.82 Å². The average Bonchev–Trinajstić information content (AvgIpc) is 2.35. The number of hydrogen-bond acceptors (Lipinski definition) is 4. The van der Waals surface area contributed by atoms with Crippen molar-refractivity contribution in [2.45, 2.75) is 19.4 Å². The first-order valence-electron chi connectivity index (χ1n) is 5.87. The van der Waals surface area contributed by atoms with E-state index in [1.54, 1.807) is 4.90 Å². The van der Waals surface area contributed by atoms with Crippen LogP contribution in [0.3, 0.4) is 0 Å². The number of nitrogen functional groups attached to an aromatic ring is 1. The summed E-state index contributed by atoms with van der Waals surface area (Å²) in [6.45, 7) is 3.02. The number of aliphatic hydroxyl groups excluding tert-OH is 1. The lowest BCUT2D eigenvalue weighted by atomic mass is 9.96. The molecule has 3 N–H and O–H groups in total. The van der Waals surface area contributed by atoms with Gasteiger partial charge in [-0.25, -0.2) is 4.98 Å². The third-order valence-electron chi connectivity index (χ3n) is 3.26. The molecule has 1 aromatic rings. The number of rotatable bonds is 1. The predicted octanol–water partition coefficient (Wildman–Crippen LogP) is 1.16. The van der Waals surface area contributed by atoms with E-state index < -0.39 is 0 Å². The first-order chi connectivity index (χ1) is 8.49. The predicted molar refractivity (Wildman–Crippen MR) is 69.4 cm³/mol. The number of nitrogens with two attached hydrogens (primary N) is 1. The zero-order valence-corrected chi connectivity index (χ0v) is 10.9. The topological polar surface area (TPSA) is 79.5 Å². The van der Waals surface area contributed by atoms with E-state index in [4.69, 9.17) is 17.3 Å². The van der Waals surface area contributed by atoms with Crippen molar-refractivity contribution in [2.75, 3.05) is 18.8 Å². The highest BCUT2D eigenvalue weighted by molar-refractivity contribution is 6.33. The zero-order chi connectivity index (χ0) is 13.3. The second kappa shape index (κ2) is 5.12. The molecule has 1 aliphatic rings. The van der Waals surface area contributed by atoms with Gasteiger partial charge in [0.05, 0.1) is 16.7 Å². The highest BCUT2D eigenvalue weighted by Crippen LogP contribution is 2.21. The molecule has 0 saturated carbocycles. The van der Waals surface area contributed by atoms with Crippen molar-refractivity contribution in [3.63, 3.8) is 0 Å². The molecule has 6 heteroatoms. The van der Waals surface area contributed by atoms with Gasteiger partial charge in [0.2, 0.25) is 0 Å². The minimum Gasteiger partial charge on any atom is -0.393 e. The van der Waals surface area contributed by atoms with Gasteiger partial charge >= 0.3 is 0 Å². The molecule has 0 spiro atoms. The van der Waals surface area contributed by atoms with E-state index in [2.05, 4.69) is 4.98 Å². The van der Waals surface area contributed by atoms with Gasteiger partial charge in [0.25, 0.3) is 5.91 Å². The average molecular weight is 270 g/mol. The fraction of sp³-hybridized carbons (Fsp3) is 0.500. The number of pyridine rings is 1. The van der Waals surface area contributed by atoms with Crippen molar-refractivity contribution in [3.8, 4) is 0 Å². The Hall–Kier alpha value is -1.33. The number of piperidine rings is 1. The number of hydrogen-bond donors (Lipinski definition) is 2. The molecule has 1 aromatic heterocycles. The fourth-order valence-corrected chi connectivity index (χ4v) is 2.23. The molecule has 2 unspecified atom stereocenters. The van der Waals surface area contributed by atoms with Gasteiger partial charge in [-0.05, 0) is 18.4 Å². The second-order valence-corrected chi connectivity index (χ2v) is 5.08. The van der Waals surface area contributed by atoms with Gasteiger partial charge in [-0.15, -0.1) is 0 Å². The molecule has 98 valence electrons. The third-order valence-corrected chi connectivity index (χ3v) is 3.57. The normalized spacial score (nSPS) is 24.1. The van der Waals surface area contributed by atoms with Crippen molar-refractivity contribution in [2.24, 2.45) is 5.92 Å². The molecule has 0 radical (unpaired) electrons. The van der Waals surface area contributed by atoms with Gasteiger partial charge < -0.3 is 15.7 Å². The Morgan fingerprint density at radius 2 is 2.39 bits per heavy atom. The monoisotopic (exact) mass is 269 g/mol. The van der Waals surface area contributed by atoms with Crippen LogP contribution in [0.2, 0.25) is 5.02 Å². The van der Waals surface area contributed by atoms with Crippen LogP contribution in [0.15, 0.2) is 12.3 Å². The molecule has 1 saturated heterocycles. The Labute approximate surface area is 111 Å². The van der Waals surface area contributed by atoms with E-state index >= 15 is 0 Å². The Balaban J connectivity index is 2.14. The molecule has 18 heavy (non-hydrogen) atoms. The van der Waals surface area contributed by atoms with Crippen LogP contribution in [-0.2, 0) is 0 Å². The third kappa shape index (κ3) is 2.57. The molecule has 0 aliphatic carbocycles. The molecule has 1 fully saturated rings. The molecular formula is C12H16ClN3O2. The summed E-state index contributed by atoms with van der Waals surface area (Å²) >= 11 is 5.85. The van der Waals surface area contributed by atoms with E-state index in [9.17, 15) is 9.90 Å². The van der Waals surface area contributed by atoms with E-state index in [0.717, 1.165) is 0 Å². The van der Waals surface area contributed by atoms with Crippen molar-refractivity contribution >= 4 is 23.3 Å². The van der Waals surface area contributed by atoms with Gasteiger partial charge in [-0.3, -0.25) is 4.79 Å². The van der Waals surface area contributed by atoms with Crippen molar-refractivity contribution in [1.29, 1.82) is 0 Å². The van der Waals surface area contributed by atoms with Crippen LogP contribution in [0, 0.1) is 5.92 Å². The number of nitrogens with zero attached hydrogens (tertiary/aromatic N) is 2. The molecule has 1 aliphatic heterocycles. The van der Waals surface area contributed by atoms with E-state index in [1.165, 1.54) is 12.3 Å². The summed E-state index contributed by atoms with van der Waals surface area (Å²) in [4.78, 5) is 17.8. The summed E-state index contributed by atoms with van der Waals surface area (Å²) in [7, 11) is 0. The molecule has 5 nitrogen and oxygen atoms in total. The lowest BCUT2D eigenvalue weighted by molar-refractivity contribution is 0.0297. The lowest BCUT2D eigenvalue weighted by Gasteiger charge is -2.34. The highest BCUT2D eigenvalue weighted by atomic mass is 35.5. The molecular weight excluding hydrogens is 254 g/mol. The van der Waals surface area contributed by atoms with Gasteiger partial charge in [0, 0.05) is 19.3 Å². The van der Waals surface area contributed by atoms with Crippen molar-refractivity contribution in [1.82, 2.24) is 9.88 Å². The number of carbonyl (C=O) groups excluding carboxylic acids is 1. The summed E-state index contributed by atoms with van der Waals surface area (Å²) in [6.07, 6.45) is 1.70. The molecule has 1 amide bonds. The summed E-state index contributed by atoms with van der Waals surface area (Å²) in [5.41, 5.74) is 5.94.